The number of aliphatic carboxylic acids is 1. The van der Waals surface area contributed by atoms with Gasteiger partial charge in [-0.25, -0.2) is 0 Å². The van der Waals surface area contributed by atoms with Gasteiger partial charge in [0.25, 0.3) is 0 Å². The zero-order valence-corrected chi connectivity index (χ0v) is 14.3. The summed E-state index contributed by atoms with van der Waals surface area (Å²) in [4.78, 5) is 12.0. The summed E-state index contributed by atoms with van der Waals surface area (Å²) in [6, 6.07) is 17.9. The van der Waals surface area contributed by atoms with Crippen molar-refractivity contribution in [2.24, 2.45) is 5.73 Å². The fraction of sp³-hybridized carbons (Fsp3) is 0.263. The molecule has 3 rings (SSSR count). The van der Waals surface area contributed by atoms with E-state index in [2.05, 4.69) is 51.8 Å². The van der Waals surface area contributed by atoms with E-state index < -0.39 is 12.0 Å². The van der Waals surface area contributed by atoms with Crippen molar-refractivity contribution in [1.82, 2.24) is 20.2 Å². The lowest BCUT2D eigenvalue weighted by molar-refractivity contribution is -0.137. The number of carboxylic acid groups (broad SMARTS) is 1. The zero-order valence-electron chi connectivity index (χ0n) is 14.3. The third-order valence-electron chi connectivity index (χ3n) is 4.04. The first-order valence-electron chi connectivity index (χ1n) is 8.48. The second kappa shape index (κ2) is 8.35. The average molecular weight is 351 g/mol. The van der Waals surface area contributed by atoms with Crippen molar-refractivity contribution in [3.05, 3.63) is 65.7 Å². The Kier molecular flexibility index (Phi) is 5.70. The first-order chi connectivity index (χ1) is 12.6. The zero-order chi connectivity index (χ0) is 18.4. The van der Waals surface area contributed by atoms with Crippen molar-refractivity contribution in [2.45, 2.75) is 31.8 Å². The van der Waals surface area contributed by atoms with E-state index in [0.29, 0.717) is 5.82 Å². The molecule has 0 fully saturated rings. The normalized spacial score (nSPS) is 12.0. The molecule has 26 heavy (non-hydrogen) atoms. The van der Waals surface area contributed by atoms with Gasteiger partial charge >= 0.3 is 5.97 Å². The van der Waals surface area contributed by atoms with Crippen LogP contribution in [0.25, 0.3) is 11.4 Å². The SMILES string of the molecule is N[C@H](CC(=O)O)Cn1nnc(-c2ccc(CCc3ccccc3)cc2)n1. The molecule has 0 bridgehead atoms. The number of carboxylic acids is 1. The maximum Gasteiger partial charge on any atom is 0.304 e. The van der Waals surface area contributed by atoms with Crippen molar-refractivity contribution in [1.29, 1.82) is 0 Å². The maximum atomic E-state index is 10.7. The molecule has 0 spiro atoms. The molecule has 0 saturated carbocycles. The van der Waals surface area contributed by atoms with Crippen molar-refractivity contribution in [2.75, 3.05) is 0 Å². The van der Waals surface area contributed by atoms with Crippen LogP contribution in [0.3, 0.4) is 0 Å². The van der Waals surface area contributed by atoms with E-state index in [1.165, 1.54) is 15.9 Å². The Bertz CT molecular complexity index is 846. The number of aromatic nitrogens is 4. The Labute approximate surface area is 151 Å². The van der Waals surface area contributed by atoms with Crippen molar-refractivity contribution in [3.63, 3.8) is 0 Å². The van der Waals surface area contributed by atoms with Crippen molar-refractivity contribution in [3.8, 4) is 11.4 Å². The Morgan fingerprint density at radius 3 is 2.35 bits per heavy atom. The van der Waals surface area contributed by atoms with E-state index in [4.69, 9.17) is 10.8 Å². The number of rotatable bonds is 8. The molecule has 0 saturated heterocycles. The summed E-state index contributed by atoms with van der Waals surface area (Å²) >= 11 is 0. The molecule has 2 aromatic carbocycles. The van der Waals surface area contributed by atoms with Crippen LogP contribution in [0.4, 0.5) is 0 Å². The fourth-order valence-electron chi connectivity index (χ4n) is 2.69. The monoisotopic (exact) mass is 351 g/mol. The predicted molar refractivity (Wildman–Crippen MR) is 97.3 cm³/mol. The van der Waals surface area contributed by atoms with Gasteiger partial charge in [0.15, 0.2) is 0 Å². The Balaban J connectivity index is 1.59. The fourth-order valence-corrected chi connectivity index (χ4v) is 2.69. The number of aryl methyl sites for hydroxylation is 2. The number of benzene rings is 2. The number of hydrogen-bond acceptors (Lipinski definition) is 5. The molecule has 0 aliphatic carbocycles. The number of hydrogen-bond donors (Lipinski definition) is 2. The van der Waals surface area contributed by atoms with Crippen LogP contribution < -0.4 is 5.73 Å². The molecule has 7 heteroatoms. The third-order valence-corrected chi connectivity index (χ3v) is 4.04. The lowest BCUT2D eigenvalue weighted by atomic mass is 10.0. The van der Waals surface area contributed by atoms with Crippen LogP contribution in [0.1, 0.15) is 17.5 Å². The minimum Gasteiger partial charge on any atom is -0.481 e. The quantitative estimate of drug-likeness (QED) is 0.642. The van der Waals surface area contributed by atoms with Crippen molar-refractivity contribution >= 4 is 5.97 Å². The van der Waals surface area contributed by atoms with Crippen LogP contribution in [0.15, 0.2) is 54.6 Å². The highest BCUT2D eigenvalue weighted by Crippen LogP contribution is 2.16. The van der Waals surface area contributed by atoms with Crippen molar-refractivity contribution < 1.29 is 9.90 Å². The largest absolute Gasteiger partial charge is 0.481 e. The number of carbonyl (C=O) groups is 1. The van der Waals surface area contributed by atoms with Crippen LogP contribution in [-0.4, -0.2) is 37.3 Å². The molecule has 0 radical (unpaired) electrons. The van der Waals surface area contributed by atoms with Gasteiger partial charge in [-0.15, -0.1) is 10.2 Å². The molecule has 7 nitrogen and oxygen atoms in total. The topological polar surface area (TPSA) is 107 Å². The van der Waals surface area contributed by atoms with Crippen LogP contribution in [-0.2, 0) is 24.2 Å². The highest BCUT2D eigenvalue weighted by Gasteiger charge is 2.12. The lowest BCUT2D eigenvalue weighted by Crippen LogP contribution is -2.30. The smallest absolute Gasteiger partial charge is 0.304 e. The lowest BCUT2D eigenvalue weighted by Gasteiger charge is -2.06. The molecule has 1 atom stereocenters. The van der Waals surface area contributed by atoms with Gasteiger partial charge in [-0.3, -0.25) is 4.79 Å². The molecule has 1 heterocycles. The Morgan fingerprint density at radius 1 is 1.04 bits per heavy atom. The van der Waals surface area contributed by atoms with E-state index in [1.807, 2.05) is 18.2 Å². The first-order valence-corrected chi connectivity index (χ1v) is 8.48. The molecule has 0 unspecified atom stereocenters. The van der Waals surface area contributed by atoms with Gasteiger partial charge in [-0.1, -0.05) is 54.6 Å². The van der Waals surface area contributed by atoms with Crippen LogP contribution >= 0.6 is 0 Å². The van der Waals surface area contributed by atoms with Gasteiger partial charge < -0.3 is 10.8 Å². The third kappa shape index (κ3) is 4.97. The molecular formula is C19H21N5O2. The molecule has 0 aliphatic heterocycles. The number of nitrogens with zero attached hydrogens (tertiary/aromatic N) is 4. The molecule has 134 valence electrons. The summed E-state index contributed by atoms with van der Waals surface area (Å²) in [7, 11) is 0. The van der Waals surface area contributed by atoms with Gasteiger partial charge in [-0.05, 0) is 29.2 Å². The van der Waals surface area contributed by atoms with E-state index in [9.17, 15) is 4.79 Å². The summed E-state index contributed by atoms with van der Waals surface area (Å²) in [6.45, 7) is 0.217. The van der Waals surface area contributed by atoms with E-state index in [0.717, 1.165) is 18.4 Å². The highest BCUT2D eigenvalue weighted by molar-refractivity contribution is 5.67. The minimum absolute atomic E-state index is 0.132. The summed E-state index contributed by atoms with van der Waals surface area (Å²) in [5.74, 6) is -0.439. The summed E-state index contributed by atoms with van der Waals surface area (Å²) < 4.78 is 0. The van der Waals surface area contributed by atoms with Gasteiger partial charge in [0.1, 0.15) is 0 Å². The summed E-state index contributed by atoms with van der Waals surface area (Å²) in [6.07, 6.45) is 1.83. The number of nitrogens with two attached hydrogens (primary N) is 1. The average Bonchev–Trinajstić information content (AvgIpc) is 3.09. The first kappa shape index (κ1) is 17.8. The molecule has 3 aromatic rings. The highest BCUT2D eigenvalue weighted by atomic mass is 16.4. The van der Waals surface area contributed by atoms with Crippen LogP contribution in [0, 0.1) is 0 Å². The number of tetrazole rings is 1. The van der Waals surface area contributed by atoms with Gasteiger partial charge in [0.05, 0.1) is 13.0 Å². The minimum atomic E-state index is -0.941. The van der Waals surface area contributed by atoms with E-state index in [-0.39, 0.29) is 13.0 Å². The summed E-state index contributed by atoms with van der Waals surface area (Å²) in [5.41, 5.74) is 9.18. The molecular weight excluding hydrogens is 330 g/mol. The summed E-state index contributed by atoms with van der Waals surface area (Å²) in [5, 5.41) is 21.0. The Morgan fingerprint density at radius 2 is 1.69 bits per heavy atom. The van der Waals surface area contributed by atoms with E-state index >= 15 is 0 Å². The second-order valence-corrected chi connectivity index (χ2v) is 6.21. The predicted octanol–water partition coefficient (Wildman–Crippen LogP) is 1.93. The van der Waals surface area contributed by atoms with Gasteiger partial charge in [0.2, 0.25) is 5.82 Å². The molecule has 1 aromatic heterocycles. The molecule has 0 amide bonds. The van der Waals surface area contributed by atoms with Crippen LogP contribution in [0.5, 0.6) is 0 Å². The Hall–Kier alpha value is -3.06. The maximum absolute atomic E-state index is 10.7. The van der Waals surface area contributed by atoms with Crippen LogP contribution in [0.2, 0.25) is 0 Å². The molecule has 3 N–H and O–H groups in total. The standard InChI is InChI=1S/C19H21N5O2/c20-17(12-18(25)26)13-24-22-19(21-23-24)16-10-8-15(9-11-16)7-6-14-4-2-1-3-5-14/h1-5,8-11,17H,6-7,12-13,20H2,(H,25,26)/t17-/m1/s1. The second-order valence-electron chi connectivity index (χ2n) is 6.21. The van der Waals surface area contributed by atoms with Gasteiger partial charge in [-0.2, -0.15) is 4.80 Å². The van der Waals surface area contributed by atoms with E-state index in [1.54, 1.807) is 0 Å². The molecule has 0 aliphatic rings. The van der Waals surface area contributed by atoms with Gasteiger partial charge in [0, 0.05) is 11.6 Å².